The van der Waals surface area contributed by atoms with Crippen LogP contribution in [-0.2, 0) is 0 Å². The maximum Gasteiger partial charge on any atom is 0.0541 e. The van der Waals surface area contributed by atoms with E-state index in [1.165, 1.54) is 66.1 Å². The Morgan fingerprint density at radius 2 is 0.575 bits per heavy atom. The van der Waals surface area contributed by atoms with E-state index < -0.39 is 0 Å². The van der Waals surface area contributed by atoms with Crippen LogP contribution in [0, 0.1) is 0 Å². The summed E-state index contributed by atoms with van der Waals surface area (Å²) >= 11 is 0. The van der Waals surface area contributed by atoms with E-state index in [2.05, 4.69) is 167 Å². The summed E-state index contributed by atoms with van der Waals surface area (Å²) in [4.78, 5) is 0. The molecule has 0 aliphatic rings. The topological polar surface area (TPSA) is 9.86 Å². The molecule has 0 fully saturated rings. The molecule has 2 heterocycles. The Morgan fingerprint density at radius 3 is 0.875 bits per heavy atom. The van der Waals surface area contributed by atoms with Crippen LogP contribution in [0.2, 0.25) is 0 Å². The molecule has 2 heteroatoms. The van der Waals surface area contributed by atoms with Crippen LogP contribution in [0.4, 0.5) is 0 Å². The lowest BCUT2D eigenvalue weighted by Gasteiger charge is -2.09. The van der Waals surface area contributed by atoms with Crippen molar-refractivity contribution in [1.82, 2.24) is 9.13 Å². The summed E-state index contributed by atoms with van der Waals surface area (Å²) in [6.45, 7) is 0. The molecule has 0 amide bonds. The van der Waals surface area contributed by atoms with Gasteiger partial charge >= 0.3 is 0 Å². The van der Waals surface area contributed by atoms with Crippen molar-refractivity contribution in [2.45, 2.75) is 0 Å². The molecule has 0 aliphatic carbocycles. The summed E-state index contributed by atoms with van der Waals surface area (Å²) in [5, 5.41) is 5.13. The van der Waals surface area contributed by atoms with E-state index in [-0.39, 0.29) is 0 Å². The third-order valence-electron chi connectivity index (χ3n) is 7.93. The van der Waals surface area contributed by atoms with Gasteiger partial charge in [0.1, 0.15) is 0 Å². The molecule has 0 N–H and O–H groups in total. The monoisotopic (exact) mass is 510 g/mol. The van der Waals surface area contributed by atoms with E-state index in [0.717, 1.165) is 0 Å². The van der Waals surface area contributed by atoms with Crippen molar-refractivity contribution in [3.8, 4) is 11.4 Å². The summed E-state index contributed by atoms with van der Waals surface area (Å²) in [6.07, 6.45) is 4.37. The number of hydrogen-bond acceptors (Lipinski definition) is 0. The van der Waals surface area contributed by atoms with Gasteiger partial charge in [-0.05, 0) is 59.7 Å². The largest absolute Gasteiger partial charge is 0.309 e. The lowest BCUT2D eigenvalue weighted by molar-refractivity contribution is 1.18. The molecule has 0 atom stereocenters. The van der Waals surface area contributed by atoms with Gasteiger partial charge in [0.2, 0.25) is 0 Å². The molecule has 6 aromatic carbocycles. The molecule has 0 spiro atoms. The molecule has 0 bridgehead atoms. The predicted molar refractivity (Wildman–Crippen MR) is 170 cm³/mol. The second-order valence-corrected chi connectivity index (χ2v) is 10.3. The smallest absolute Gasteiger partial charge is 0.0541 e. The molecule has 40 heavy (non-hydrogen) atoms. The maximum atomic E-state index is 2.35. The Kier molecular flexibility index (Phi) is 5.17. The molecule has 2 nitrogen and oxygen atoms in total. The number of para-hydroxylation sites is 4. The fraction of sp³-hybridized carbons (Fsp3) is 0. The first-order valence-corrected chi connectivity index (χ1v) is 13.7. The van der Waals surface area contributed by atoms with Crippen LogP contribution in [0.25, 0.3) is 67.1 Å². The Labute approximate surface area is 232 Å². The third kappa shape index (κ3) is 3.58. The van der Waals surface area contributed by atoms with Gasteiger partial charge in [-0.2, -0.15) is 0 Å². The van der Waals surface area contributed by atoms with E-state index in [0.29, 0.717) is 0 Å². The maximum absolute atomic E-state index is 2.35. The SMILES string of the molecule is C(=C\c1ccc(-n2c3ccccc3c3ccccc32)cc1)/c1ccc(-n2c3ccccc3c3ccccc32)cc1. The van der Waals surface area contributed by atoms with Crippen molar-refractivity contribution in [2.75, 3.05) is 0 Å². The lowest BCUT2D eigenvalue weighted by atomic mass is 10.1. The molecule has 0 saturated carbocycles. The molecular weight excluding hydrogens is 484 g/mol. The zero-order valence-electron chi connectivity index (χ0n) is 21.9. The Hall–Kier alpha value is -5.34. The van der Waals surface area contributed by atoms with Crippen molar-refractivity contribution in [3.63, 3.8) is 0 Å². The summed E-state index contributed by atoms with van der Waals surface area (Å²) in [5.41, 5.74) is 9.62. The van der Waals surface area contributed by atoms with Gasteiger partial charge in [-0.1, -0.05) is 109 Å². The first-order valence-electron chi connectivity index (χ1n) is 13.7. The average molecular weight is 511 g/mol. The molecule has 2 aromatic heterocycles. The average Bonchev–Trinajstić information content (AvgIpc) is 3.54. The van der Waals surface area contributed by atoms with Crippen LogP contribution in [0.5, 0.6) is 0 Å². The van der Waals surface area contributed by atoms with Crippen molar-refractivity contribution < 1.29 is 0 Å². The van der Waals surface area contributed by atoms with Gasteiger partial charge in [-0.3, -0.25) is 0 Å². The number of hydrogen-bond donors (Lipinski definition) is 0. The zero-order valence-corrected chi connectivity index (χ0v) is 21.9. The standard InChI is InChI=1S/C38H26N2/c1-5-13-35-31(9-1)32-10-2-6-14-36(32)39(35)29-23-19-27(20-24-29)17-18-28-21-25-30(26-22-28)40-37-15-7-3-11-33(37)34-12-4-8-16-38(34)40/h1-26H/b18-17+. The van der Waals surface area contributed by atoms with Crippen LogP contribution >= 0.6 is 0 Å². The van der Waals surface area contributed by atoms with Crippen LogP contribution in [0.1, 0.15) is 11.1 Å². The number of rotatable bonds is 4. The van der Waals surface area contributed by atoms with Gasteiger partial charge in [-0.15, -0.1) is 0 Å². The quantitative estimate of drug-likeness (QED) is 0.208. The van der Waals surface area contributed by atoms with E-state index in [9.17, 15) is 0 Å². The van der Waals surface area contributed by atoms with Gasteiger partial charge in [0.25, 0.3) is 0 Å². The molecule has 0 radical (unpaired) electrons. The highest BCUT2D eigenvalue weighted by Gasteiger charge is 2.12. The molecule has 188 valence electrons. The Morgan fingerprint density at radius 1 is 0.300 bits per heavy atom. The van der Waals surface area contributed by atoms with E-state index in [1.54, 1.807) is 0 Å². The minimum Gasteiger partial charge on any atom is -0.309 e. The van der Waals surface area contributed by atoms with E-state index in [1.807, 2.05) is 0 Å². The van der Waals surface area contributed by atoms with Gasteiger partial charge in [0.15, 0.2) is 0 Å². The number of nitrogens with zero attached hydrogens (tertiary/aromatic N) is 2. The number of benzene rings is 6. The predicted octanol–water partition coefficient (Wildman–Crippen LogP) is 10.1. The van der Waals surface area contributed by atoms with Crippen molar-refractivity contribution >= 4 is 55.8 Å². The van der Waals surface area contributed by atoms with Crippen molar-refractivity contribution in [3.05, 3.63) is 157 Å². The normalized spacial score (nSPS) is 11.9. The van der Waals surface area contributed by atoms with Crippen molar-refractivity contribution in [2.24, 2.45) is 0 Å². The molecular formula is C38H26N2. The Bertz CT molecular complexity index is 1920. The molecule has 0 saturated heterocycles. The van der Waals surface area contributed by atoms with Crippen LogP contribution in [0.15, 0.2) is 146 Å². The number of fused-ring (bicyclic) bond motifs is 6. The van der Waals surface area contributed by atoms with Gasteiger partial charge in [0, 0.05) is 32.9 Å². The minimum atomic E-state index is 1.17. The van der Waals surface area contributed by atoms with Crippen LogP contribution < -0.4 is 0 Å². The second-order valence-electron chi connectivity index (χ2n) is 10.3. The fourth-order valence-electron chi connectivity index (χ4n) is 6.06. The molecule has 8 aromatic rings. The zero-order chi connectivity index (χ0) is 26.5. The van der Waals surface area contributed by atoms with Crippen molar-refractivity contribution in [1.29, 1.82) is 0 Å². The Balaban J connectivity index is 1.10. The summed E-state index contributed by atoms with van der Waals surface area (Å²) in [7, 11) is 0. The molecule has 8 rings (SSSR count). The molecule has 0 unspecified atom stereocenters. The second kappa shape index (κ2) is 9.14. The summed E-state index contributed by atoms with van der Waals surface area (Å²) in [5.74, 6) is 0. The minimum absolute atomic E-state index is 1.17. The van der Waals surface area contributed by atoms with Gasteiger partial charge < -0.3 is 9.13 Å². The van der Waals surface area contributed by atoms with Gasteiger partial charge in [-0.25, -0.2) is 0 Å². The lowest BCUT2D eigenvalue weighted by Crippen LogP contribution is -1.93. The van der Waals surface area contributed by atoms with E-state index in [4.69, 9.17) is 0 Å². The van der Waals surface area contributed by atoms with Gasteiger partial charge in [0.05, 0.1) is 22.1 Å². The number of aromatic nitrogens is 2. The first kappa shape index (κ1) is 22.6. The third-order valence-corrected chi connectivity index (χ3v) is 7.93. The summed E-state index contributed by atoms with van der Waals surface area (Å²) < 4.78 is 4.71. The van der Waals surface area contributed by atoms with Crippen LogP contribution in [-0.4, -0.2) is 9.13 Å². The molecule has 0 aliphatic heterocycles. The van der Waals surface area contributed by atoms with Crippen LogP contribution in [0.3, 0.4) is 0 Å². The first-order chi connectivity index (χ1) is 19.8. The highest BCUT2D eigenvalue weighted by molar-refractivity contribution is 6.10. The highest BCUT2D eigenvalue weighted by atomic mass is 15.0. The highest BCUT2D eigenvalue weighted by Crippen LogP contribution is 2.33. The summed E-state index contributed by atoms with van der Waals surface area (Å²) in [6, 6.07) is 52.2. The van der Waals surface area contributed by atoms with E-state index >= 15 is 0 Å². The fourth-order valence-corrected chi connectivity index (χ4v) is 6.06.